The Hall–Kier alpha value is -3.22. The van der Waals surface area contributed by atoms with E-state index in [1.165, 1.54) is 13.1 Å². The molecule has 0 radical (unpaired) electrons. The molecule has 5 nitrogen and oxygen atoms in total. The number of benzene rings is 2. The van der Waals surface area contributed by atoms with Crippen molar-refractivity contribution in [1.29, 1.82) is 0 Å². The molecule has 0 aliphatic heterocycles. The maximum Gasteiger partial charge on any atom is 0.246 e. The van der Waals surface area contributed by atoms with Gasteiger partial charge in [0.05, 0.1) is 0 Å². The highest BCUT2D eigenvalue weighted by Gasteiger charge is 2.22. The number of aromatic nitrogens is 1. The molecule has 3 rings (SSSR count). The largest absolute Gasteiger partial charge is 0.361 e. The fourth-order valence-corrected chi connectivity index (χ4v) is 3.15. The Bertz CT molecular complexity index is 1000. The van der Waals surface area contributed by atoms with Crippen LogP contribution >= 0.6 is 0 Å². The third-order valence-electron chi connectivity index (χ3n) is 4.62. The molecule has 3 N–H and O–H groups in total. The number of fused-ring (bicyclic) bond motifs is 1. The summed E-state index contributed by atoms with van der Waals surface area (Å²) in [6.07, 6.45) is 3.42. The molecule has 28 heavy (non-hydrogen) atoms. The summed E-state index contributed by atoms with van der Waals surface area (Å²) in [5, 5.41) is 6.15. The van der Waals surface area contributed by atoms with Gasteiger partial charge in [-0.05, 0) is 42.2 Å². The van der Waals surface area contributed by atoms with E-state index in [1.54, 1.807) is 0 Å². The van der Waals surface area contributed by atoms with Crippen LogP contribution in [-0.4, -0.2) is 23.8 Å². The molecule has 3 aromatic rings. The molecule has 2 amide bonds. The van der Waals surface area contributed by atoms with Crippen molar-refractivity contribution in [2.24, 2.45) is 0 Å². The zero-order valence-electron chi connectivity index (χ0n) is 15.4. The van der Waals surface area contributed by atoms with Gasteiger partial charge in [-0.1, -0.05) is 24.3 Å². The first-order chi connectivity index (χ1) is 13.5. The standard InChI is InChI=1S/C21H21F2N3O2/c1-24-21(28)20(13-9-10-16(22)17(23)11-13)26-19(27)8-4-5-14-12-25-18-7-3-2-6-15(14)18/h2-3,6-7,9-12,20,25H,4-5,8H2,1H3,(H,24,28)(H,26,27). The molecule has 1 heterocycles. The predicted molar refractivity (Wildman–Crippen MR) is 103 cm³/mol. The normalized spacial score (nSPS) is 12.0. The molecule has 0 fully saturated rings. The van der Waals surface area contributed by atoms with Crippen molar-refractivity contribution < 1.29 is 18.4 Å². The maximum absolute atomic E-state index is 13.5. The van der Waals surface area contributed by atoms with E-state index in [2.05, 4.69) is 15.6 Å². The van der Waals surface area contributed by atoms with Crippen molar-refractivity contribution >= 4 is 22.7 Å². The smallest absolute Gasteiger partial charge is 0.246 e. The van der Waals surface area contributed by atoms with Gasteiger partial charge in [0.25, 0.3) is 0 Å². The van der Waals surface area contributed by atoms with Crippen LogP contribution in [-0.2, 0) is 16.0 Å². The van der Waals surface area contributed by atoms with E-state index < -0.39 is 23.6 Å². The van der Waals surface area contributed by atoms with Gasteiger partial charge in [0, 0.05) is 30.6 Å². The Balaban J connectivity index is 1.62. The third kappa shape index (κ3) is 4.36. The molecule has 1 atom stereocenters. The molecule has 0 bridgehead atoms. The lowest BCUT2D eigenvalue weighted by molar-refractivity contribution is -0.129. The number of para-hydroxylation sites is 1. The average Bonchev–Trinajstić information content (AvgIpc) is 3.11. The van der Waals surface area contributed by atoms with Crippen LogP contribution in [0.5, 0.6) is 0 Å². The summed E-state index contributed by atoms with van der Waals surface area (Å²) in [6.45, 7) is 0. The summed E-state index contributed by atoms with van der Waals surface area (Å²) >= 11 is 0. The van der Waals surface area contributed by atoms with Crippen LogP contribution in [0.15, 0.2) is 48.7 Å². The number of H-pyrrole nitrogens is 1. The molecule has 1 unspecified atom stereocenters. The first kappa shape index (κ1) is 19.5. The second-order valence-corrected chi connectivity index (χ2v) is 6.50. The minimum absolute atomic E-state index is 0.184. The van der Waals surface area contributed by atoms with Gasteiger partial charge in [-0.2, -0.15) is 0 Å². The number of aryl methyl sites for hydroxylation is 1. The molecule has 146 valence electrons. The number of hydrogen-bond donors (Lipinski definition) is 3. The quantitative estimate of drug-likeness (QED) is 0.583. The van der Waals surface area contributed by atoms with Crippen LogP contribution in [0.4, 0.5) is 8.78 Å². The van der Waals surface area contributed by atoms with Gasteiger partial charge in [0.2, 0.25) is 11.8 Å². The molecule has 0 saturated carbocycles. The van der Waals surface area contributed by atoms with Crippen LogP contribution in [0.25, 0.3) is 10.9 Å². The van der Waals surface area contributed by atoms with Crippen LogP contribution < -0.4 is 10.6 Å². The molecule has 7 heteroatoms. The lowest BCUT2D eigenvalue weighted by atomic mass is 10.0. The summed E-state index contributed by atoms with van der Waals surface area (Å²) in [5.74, 6) is -2.92. The van der Waals surface area contributed by atoms with E-state index in [-0.39, 0.29) is 17.9 Å². The number of halogens is 2. The van der Waals surface area contributed by atoms with Gasteiger partial charge in [-0.15, -0.1) is 0 Å². The number of carbonyl (C=O) groups excluding carboxylic acids is 2. The SMILES string of the molecule is CNC(=O)C(NC(=O)CCCc1c[nH]c2ccccc12)c1ccc(F)c(F)c1. The first-order valence-electron chi connectivity index (χ1n) is 9.00. The number of aromatic amines is 1. The summed E-state index contributed by atoms with van der Waals surface area (Å²) in [6, 6.07) is 9.97. The Morgan fingerprint density at radius 3 is 2.64 bits per heavy atom. The first-order valence-corrected chi connectivity index (χ1v) is 9.00. The predicted octanol–water partition coefficient (Wildman–Crippen LogP) is 3.37. The Morgan fingerprint density at radius 1 is 1.11 bits per heavy atom. The topological polar surface area (TPSA) is 74.0 Å². The number of hydrogen-bond acceptors (Lipinski definition) is 2. The summed E-state index contributed by atoms with van der Waals surface area (Å²) in [4.78, 5) is 27.6. The minimum atomic E-state index is -1.08. The van der Waals surface area contributed by atoms with E-state index >= 15 is 0 Å². The van der Waals surface area contributed by atoms with Gasteiger partial charge in [-0.3, -0.25) is 9.59 Å². The molecule has 0 saturated heterocycles. The monoisotopic (exact) mass is 385 g/mol. The third-order valence-corrected chi connectivity index (χ3v) is 4.62. The van der Waals surface area contributed by atoms with Crippen LogP contribution in [0.1, 0.15) is 30.0 Å². The summed E-state index contributed by atoms with van der Waals surface area (Å²) < 4.78 is 26.7. The highest BCUT2D eigenvalue weighted by molar-refractivity contribution is 5.88. The molecule has 0 aliphatic carbocycles. The number of nitrogens with one attached hydrogen (secondary N) is 3. The molecular weight excluding hydrogens is 364 g/mol. The van der Waals surface area contributed by atoms with Crippen LogP contribution in [0, 0.1) is 11.6 Å². The molecular formula is C21H21F2N3O2. The van der Waals surface area contributed by atoms with Crippen molar-refractivity contribution in [2.75, 3.05) is 7.05 Å². The lowest BCUT2D eigenvalue weighted by Crippen LogP contribution is -2.39. The lowest BCUT2D eigenvalue weighted by Gasteiger charge is -2.18. The molecule has 2 aromatic carbocycles. The van der Waals surface area contributed by atoms with Crippen molar-refractivity contribution in [3.05, 3.63) is 71.4 Å². The maximum atomic E-state index is 13.5. The van der Waals surface area contributed by atoms with Crippen molar-refractivity contribution in [2.45, 2.75) is 25.3 Å². The fraction of sp³-hybridized carbons (Fsp3) is 0.238. The average molecular weight is 385 g/mol. The highest BCUT2D eigenvalue weighted by Crippen LogP contribution is 2.20. The van der Waals surface area contributed by atoms with Gasteiger partial charge >= 0.3 is 0 Å². The second kappa shape index (κ2) is 8.65. The number of amides is 2. The number of likely N-dealkylation sites (N-methyl/N-ethyl adjacent to an activating group) is 1. The van der Waals surface area contributed by atoms with E-state index in [4.69, 9.17) is 0 Å². The second-order valence-electron chi connectivity index (χ2n) is 6.50. The van der Waals surface area contributed by atoms with Crippen LogP contribution in [0.2, 0.25) is 0 Å². The van der Waals surface area contributed by atoms with Crippen LogP contribution in [0.3, 0.4) is 0 Å². The number of carbonyl (C=O) groups is 2. The van der Waals surface area contributed by atoms with E-state index in [0.717, 1.165) is 28.6 Å². The van der Waals surface area contributed by atoms with E-state index in [0.29, 0.717) is 12.8 Å². The van der Waals surface area contributed by atoms with Gasteiger partial charge in [0.15, 0.2) is 11.6 Å². The molecule has 0 aliphatic rings. The zero-order valence-corrected chi connectivity index (χ0v) is 15.4. The summed E-state index contributed by atoms with van der Waals surface area (Å²) in [5.41, 5.74) is 2.34. The van der Waals surface area contributed by atoms with Gasteiger partial charge in [-0.25, -0.2) is 8.78 Å². The van der Waals surface area contributed by atoms with Crippen molar-refractivity contribution in [3.63, 3.8) is 0 Å². The Kier molecular flexibility index (Phi) is 6.03. The molecule has 1 aromatic heterocycles. The fourth-order valence-electron chi connectivity index (χ4n) is 3.15. The Morgan fingerprint density at radius 2 is 1.89 bits per heavy atom. The van der Waals surface area contributed by atoms with Crippen molar-refractivity contribution in [1.82, 2.24) is 15.6 Å². The molecule has 0 spiro atoms. The summed E-state index contributed by atoms with van der Waals surface area (Å²) in [7, 11) is 1.42. The minimum Gasteiger partial charge on any atom is -0.361 e. The van der Waals surface area contributed by atoms with Gasteiger partial charge in [0.1, 0.15) is 6.04 Å². The number of rotatable bonds is 7. The van der Waals surface area contributed by atoms with Crippen molar-refractivity contribution in [3.8, 4) is 0 Å². The van der Waals surface area contributed by atoms with E-state index in [9.17, 15) is 18.4 Å². The Labute approximate surface area is 161 Å². The zero-order chi connectivity index (χ0) is 20.1. The highest BCUT2D eigenvalue weighted by atomic mass is 19.2. The van der Waals surface area contributed by atoms with Gasteiger partial charge < -0.3 is 15.6 Å². The van der Waals surface area contributed by atoms with E-state index in [1.807, 2.05) is 30.5 Å².